The van der Waals surface area contributed by atoms with Gasteiger partial charge in [-0.25, -0.2) is 4.79 Å². The fraction of sp³-hybridized carbons (Fsp3) is 0.417. The molecule has 1 aromatic heterocycles. The Kier molecular flexibility index (Phi) is 5.53. The molecule has 0 unspecified atom stereocenters. The van der Waals surface area contributed by atoms with Crippen molar-refractivity contribution in [2.75, 3.05) is 6.61 Å². The molecule has 0 aliphatic carbocycles. The Bertz CT molecular complexity index is 429. The van der Waals surface area contributed by atoms with Gasteiger partial charge in [-0.1, -0.05) is 11.8 Å². The quantitative estimate of drug-likeness (QED) is 0.710. The Morgan fingerprint density at radius 3 is 2.94 bits per heavy atom. The van der Waals surface area contributed by atoms with E-state index in [2.05, 4.69) is 22.5 Å². The van der Waals surface area contributed by atoms with Crippen LogP contribution in [-0.2, 0) is 6.54 Å². The molecule has 92 valence electrons. The first-order valence-electron chi connectivity index (χ1n) is 5.34. The molecule has 0 aromatic carbocycles. The number of hydrogen-bond acceptors (Lipinski definition) is 3. The highest BCUT2D eigenvalue weighted by Crippen LogP contribution is 2.14. The van der Waals surface area contributed by atoms with E-state index in [1.165, 1.54) is 11.3 Å². The van der Waals surface area contributed by atoms with Gasteiger partial charge in [0.2, 0.25) is 0 Å². The largest absolute Gasteiger partial charge is 0.384 e. The predicted molar refractivity (Wildman–Crippen MR) is 68.8 cm³/mol. The molecule has 3 N–H and O–H groups in total. The van der Waals surface area contributed by atoms with Crippen molar-refractivity contribution in [3.63, 3.8) is 0 Å². The minimum atomic E-state index is -0.170. The standard InChI is InChI=1S/C12H16N2O2S/c1-9(2)14-12(16)13-8-11-6-5-10(17-11)4-3-7-15/h5-6,9,15H,7-8H2,1-2H3,(H2,13,14,16). The van der Waals surface area contributed by atoms with Crippen molar-refractivity contribution in [1.82, 2.24) is 10.6 Å². The van der Waals surface area contributed by atoms with E-state index in [4.69, 9.17) is 5.11 Å². The zero-order valence-corrected chi connectivity index (χ0v) is 10.7. The second kappa shape index (κ2) is 6.94. The zero-order chi connectivity index (χ0) is 12.7. The fourth-order valence-electron chi connectivity index (χ4n) is 1.15. The molecule has 0 saturated heterocycles. The van der Waals surface area contributed by atoms with Gasteiger partial charge in [0, 0.05) is 10.9 Å². The van der Waals surface area contributed by atoms with Crippen LogP contribution in [0.15, 0.2) is 12.1 Å². The molecule has 0 saturated carbocycles. The summed E-state index contributed by atoms with van der Waals surface area (Å²) in [6.45, 7) is 4.17. The van der Waals surface area contributed by atoms with Crippen molar-refractivity contribution >= 4 is 17.4 Å². The summed E-state index contributed by atoms with van der Waals surface area (Å²) >= 11 is 1.51. The Labute approximate surface area is 105 Å². The molecular weight excluding hydrogens is 236 g/mol. The number of aliphatic hydroxyl groups is 1. The lowest BCUT2D eigenvalue weighted by atomic mass is 10.4. The van der Waals surface area contributed by atoms with Crippen molar-refractivity contribution in [1.29, 1.82) is 0 Å². The minimum absolute atomic E-state index is 0.129. The molecule has 17 heavy (non-hydrogen) atoms. The lowest BCUT2D eigenvalue weighted by molar-refractivity contribution is 0.238. The molecule has 0 spiro atoms. The zero-order valence-electron chi connectivity index (χ0n) is 9.91. The molecule has 0 aliphatic rings. The number of rotatable bonds is 3. The third-order valence-corrected chi connectivity index (χ3v) is 2.80. The number of aliphatic hydroxyl groups excluding tert-OH is 1. The summed E-state index contributed by atoms with van der Waals surface area (Å²) in [6.07, 6.45) is 0. The van der Waals surface area contributed by atoms with Gasteiger partial charge in [-0.3, -0.25) is 0 Å². The molecule has 1 rings (SSSR count). The van der Waals surface area contributed by atoms with Gasteiger partial charge in [0.15, 0.2) is 0 Å². The summed E-state index contributed by atoms with van der Waals surface area (Å²) in [4.78, 5) is 13.2. The van der Waals surface area contributed by atoms with Gasteiger partial charge in [-0.2, -0.15) is 0 Å². The molecule has 0 fully saturated rings. The summed E-state index contributed by atoms with van der Waals surface area (Å²) in [5, 5.41) is 14.1. The Morgan fingerprint density at radius 2 is 2.29 bits per heavy atom. The smallest absolute Gasteiger partial charge is 0.315 e. The molecule has 4 nitrogen and oxygen atoms in total. The fourth-order valence-corrected chi connectivity index (χ4v) is 1.97. The van der Waals surface area contributed by atoms with Gasteiger partial charge < -0.3 is 15.7 Å². The third-order valence-electron chi connectivity index (χ3n) is 1.80. The maximum absolute atomic E-state index is 11.3. The van der Waals surface area contributed by atoms with Crippen LogP contribution in [-0.4, -0.2) is 23.8 Å². The molecule has 1 aromatic rings. The molecular formula is C12H16N2O2S. The second-order valence-electron chi connectivity index (χ2n) is 3.71. The SMILES string of the molecule is CC(C)NC(=O)NCc1ccc(C#CCO)s1. The Hall–Kier alpha value is -1.51. The number of urea groups is 1. The van der Waals surface area contributed by atoms with Gasteiger partial charge in [0.1, 0.15) is 6.61 Å². The average molecular weight is 252 g/mol. The van der Waals surface area contributed by atoms with Crippen molar-refractivity contribution in [2.45, 2.75) is 26.4 Å². The van der Waals surface area contributed by atoms with Crippen molar-refractivity contribution in [2.24, 2.45) is 0 Å². The van der Waals surface area contributed by atoms with Crippen LogP contribution in [0.4, 0.5) is 4.79 Å². The van der Waals surface area contributed by atoms with Crippen LogP contribution in [0.1, 0.15) is 23.6 Å². The third kappa shape index (κ3) is 5.38. The molecule has 0 radical (unpaired) electrons. The molecule has 0 aliphatic heterocycles. The highest BCUT2D eigenvalue weighted by molar-refractivity contribution is 7.12. The topological polar surface area (TPSA) is 61.4 Å². The van der Waals surface area contributed by atoms with Gasteiger partial charge >= 0.3 is 6.03 Å². The first-order chi connectivity index (χ1) is 8.11. The van der Waals surface area contributed by atoms with Crippen molar-refractivity contribution < 1.29 is 9.90 Å². The first kappa shape index (κ1) is 13.6. The van der Waals surface area contributed by atoms with Gasteiger partial charge in [-0.05, 0) is 26.0 Å². The van der Waals surface area contributed by atoms with Crippen molar-refractivity contribution in [3.8, 4) is 11.8 Å². The first-order valence-corrected chi connectivity index (χ1v) is 6.16. The lowest BCUT2D eigenvalue weighted by Gasteiger charge is -2.08. The van der Waals surface area contributed by atoms with Crippen LogP contribution in [0, 0.1) is 11.8 Å². The maximum Gasteiger partial charge on any atom is 0.315 e. The lowest BCUT2D eigenvalue weighted by Crippen LogP contribution is -2.38. The van der Waals surface area contributed by atoms with Gasteiger partial charge in [0.05, 0.1) is 11.4 Å². The average Bonchev–Trinajstić information content (AvgIpc) is 2.70. The van der Waals surface area contributed by atoms with Crippen LogP contribution >= 0.6 is 11.3 Å². The summed E-state index contributed by atoms with van der Waals surface area (Å²) in [6, 6.07) is 3.76. The second-order valence-corrected chi connectivity index (χ2v) is 4.88. The van der Waals surface area contributed by atoms with E-state index in [-0.39, 0.29) is 18.7 Å². The Balaban J connectivity index is 2.42. The Morgan fingerprint density at radius 1 is 1.53 bits per heavy atom. The minimum Gasteiger partial charge on any atom is -0.384 e. The van der Waals surface area contributed by atoms with E-state index in [0.29, 0.717) is 6.54 Å². The monoisotopic (exact) mass is 252 g/mol. The number of thiophene rings is 1. The number of hydrogen-bond donors (Lipinski definition) is 3. The van der Waals surface area contributed by atoms with E-state index in [1.54, 1.807) is 0 Å². The molecule has 0 bridgehead atoms. The summed E-state index contributed by atoms with van der Waals surface area (Å²) in [7, 11) is 0. The van der Waals surface area contributed by atoms with Crippen LogP contribution in [0.3, 0.4) is 0 Å². The number of nitrogens with one attached hydrogen (secondary N) is 2. The van der Waals surface area contributed by atoms with E-state index in [0.717, 1.165) is 9.75 Å². The maximum atomic E-state index is 11.3. The predicted octanol–water partition coefficient (Wildman–Crippen LogP) is 1.30. The summed E-state index contributed by atoms with van der Waals surface area (Å²) in [5.74, 6) is 5.41. The number of carbonyl (C=O) groups is 1. The van der Waals surface area contributed by atoms with Gasteiger partial charge in [-0.15, -0.1) is 11.3 Å². The van der Waals surface area contributed by atoms with E-state index in [1.807, 2.05) is 26.0 Å². The van der Waals surface area contributed by atoms with Crippen LogP contribution in [0.5, 0.6) is 0 Å². The van der Waals surface area contributed by atoms with Gasteiger partial charge in [0.25, 0.3) is 0 Å². The highest BCUT2D eigenvalue weighted by Gasteiger charge is 2.03. The highest BCUT2D eigenvalue weighted by atomic mass is 32.1. The molecule has 1 heterocycles. The molecule has 5 heteroatoms. The summed E-state index contributed by atoms with van der Waals surface area (Å²) < 4.78 is 0. The van der Waals surface area contributed by atoms with E-state index < -0.39 is 0 Å². The van der Waals surface area contributed by atoms with Crippen LogP contribution < -0.4 is 10.6 Å². The summed E-state index contributed by atoms with van der Waals surface area (Å²) in [5.41, 5.74) is 0. The number of carbonyl (C=O) groups excluding carboxylic acids is 1. The van der Waals surface area contributed by atoms with Crippen LogP contribution in [0.25, 0.3) is 0 Å². The van der Waals surface area contributed by atoms with Crippen molar-refractivity contribution in [3.05, 3.63) is 21.9 Å². The molecule has 0 atom stereocenters. The number of amides is 2. The van der Waals surface area contributed by atoms with E-state index in [9.17, 15) is 4.79 Å². The van der Waals surface area contributed by atoms with Crippen LogP contribution in [0.2, 0.25) is 0 Å². The normalized spacial score (nSPS) is 9.65. The molecule has 2 amide bonds. The van der Waals surface area contributed by atoms with E-state index >= 15 is 0 Å².